The molecule has 0 bridgehead atoms. The highest BCUT2D eigenvalue weighted by molar-refractivity contribution is 6.02. The van der Waals surface area contributed by atoms with E-state index in [1.807, 2.05) is 0 Å². The van der Waals surface area contributed by atoms with Crippen molar-refractivity contribution < 1.29 is 69.3 Å². The van der Waals surface area contributed by atoms with Crippen molar-refractivity contribution in [1.82, 2.24) is 0 Å². The number of aliphatic hydroxyl groups excluding tert-OH is 6. The molecule has 2 aromatic carbocycles. The lowest BCUT2D eigenvalue weighted by atomic mass is 9.95. The third kappa shape index (κ3) is 5.70. The van der Waals surface area contributed by atoms with E-state index >= 15 is 0 Å². The maximum Gasteiger partial charge on any atom is 0.229 e. The average molecular weight is 581 g/mol. The van der Waals surface area contributed by atoms with E-state index < -0.39 is 85.7 Å². The molecule has 11 atom stereocenters. The molecule has 2 fully saturated rings. The average Bonchev–Trinajstić information content (AvgIpc) is 2.94. The Kier molecular flexibility index (Phi) is 8.39. The van der Waals surface area contributed by atoms with Gasteiger partial charge < -0.3 is 64.5 Å². The Morgan fingerprint density at radius 2 is 1.59 bits per heavy atom. The summed E-state index contributed by atoms with van der Waals surface area (Å²) in [5.74, 6) is -0.947. The number of Topliss-reactive ketones (excluding diaryl/α,β-unsaturated/α-hetero) is 1. The number of ketones is 1. The number of aromatic hydroxyl groups is 2. The molecule has 0 unspecified atom stereocenters. The number of ether oxygens (including phenoxy) is 5. The third-order valence-corrected chi connectivity index (χ3v) is 7.42. The van der Waals surface area contributed by atoms with Gasteiger partial charge >= 0.3 is 0 Å². The Balaban J connectivity index is 1.41. The van der Waals surface area contributed by atoms with Gasteiger partial charge in [-0.3, -0.25) is 4.79 Å². The van der Waals surface area contributed by atoms with Crippen molar-refractivity contribution in [1.29, 1.82) is 0 Å². The zero-order valence-electron chi connectivity index (χ0n) is 21.8. The van der Waals surface area contributed by atoms with Gasteiger partial charge in [-0.2, -0.15) is 0 Å². The number of hydrogen-bond donors (Lipinski definition) is 8. The third-order valence-electron chi connectivity index (χ3n) is 7.42. The molecule has 2 aromatic rings. The van der Waals surface area contributed by atoms with Gasteiger partial charge in [-0.1, -0.05) is 12.1 Å². The minimum atomic E-state index is -1.75. The number of hydrogen-bond acceptors (Lipinski definition) is 14. The molecule has 0 saturated carbocycles. The van der Waals surface area contributed by atoms with Crippen LogP contribution in [0.25, 0.3) is 0 Å². The number of carbonyl (C=O) groups excluding carboxylic acids is 1. The second-order valence-electron chi connectivity index (χ2n) is 10.2. The summed E-state index contributed by atoms with van der Waals surface area (Å²) in [4.78, 5) is 12.9. The molecule has 0 radical (unpaired) electrons. The van der Waals surface area contributed by atoms with Crippen LogP contribution in [0, 0.1) is 0 Å². The summed E-state index contributed by atoms with van der Waals surface area (Å²) >= 11 is 0. The van der Waals surface area contributed by atoms with Crippen LogP contribution in [-0.4, -0.2) is 115 Å². The monoisotopic (exact) mass is 580 g/mol. The Hall–Kier alpha value is -3.05. The van der Waals surface area contributed by atoms with E-state index in [0.29, 0.717) is 5.56 Å². The first-order valence-electron chi connectivity index (χ1n) is 13.0. The predicted octanol–water partition coefficient (Wildman–Crippen LogP) is -1.17. The van der Waals surface area contributed by atoms with Gasteiger partial charge in [0.15, 0.2) is 18.2 Å². The summed E-state index contributed by atoms with van der Waals surface area (Å²) in [5.41, 5.74) is 0.529. The molecule has 14 heteroatoms. The molecule has 0 aliphatic carbocycles. The molecule has 3 aliphatic heterocycles. The summed E-state index contributed by atoms with van der Waals surface area (Å²) in [6.45, 7) is 0.716. The Morgan fingerprint density at radius 3 is 2.27 bits per heavy atom. The summed E-state index contributed by atoms with van der Waals surface area (Å²) in [5, 5.41) is 81.6. The van der Waals surface area contributed by atoms with Crippen LogP contribution in [0.4, 0.5) is 0 Å². The van der Waals surface area contributed by atoms with Crippen molar-refractivity contribution in [3.05, 3.63) is 47.5 Å². The van der Waals surface area contributed by atoms with Gasteiger partial charge in [-0.25, -0.2) is 0 Å². The normalized spacial score (nSPS) is 37.2. The lowest BCUT2D eigenvalue weighted by molar-refractivity contribution is -0.354. The largest absolute Gasteiger partial charge is 0.508 e. The van der Waals surface area contributed by atoms with Crippen molar-refractivity contribution in [2.24, 2.45) is 0 Å². The standard InChI is InChI=1S/C27H32O14/c1-10-20(32)22(34)24(36)26(37-10)41-25-23(35)21(33)18(9-28)40-27(25)38-13-6-14(30)19-15(31)8-16(39-17(19)7-13)11-2-4-12(29)5-3-11/h2-7,10,16,18,20-30,32-36H,8-9H2,1H3/t10-,16-,18-,20+,21-,22-,23-,24-,25+,26+,27-/m1/s1. The molecule has 3 heterocycles. The van der Waals surface area contributed by atoms with Crippen LogP contribution in [-0.2, 0) is 14.2 Å². The minimum Gasteiger partial charge on any atom is -0.508 e. The highest BCUT2D eigenvalue weighted by Gasteiger charge is 2.51. The first-order chi connectivity index (χ1) is 19.5. The van der Waals surface area contributed by atoms with Crippen molar-refractivity contribution in [3.63, 3.8) is 0 Å². The summed E-state index contributed by atoms with van der Waals surface area (Å²) < 4.78 is 28.6. The maximum atomic E-state index is 12.9. The van der Waals surface area contributed by atoms with E-state index in [9.17, 15) is 45.6 Å². The van der Waals surface area contributed by atoms with Gasteiger partial charge in [0, 0.05) is 12.1 Å². The van der Waals surface area contributed by atoms with Crippen LogP contribution in [0.2, 0.25) is 0 Å². The van der Waals surface area contributed by atoms with Crippen LogP contribution in [0.15, 0.2) is 36.4 Å². The summed E-state index contributed by atoms with van der Waals surface area (Å²) in [6, 6.07) is 8.50. The second-order valence-corrected chi connectivity index (χ2v) is 10.2. The lowest BCUT2D eigenvalue weighted by Crippen LogP contribution is -2.64. The first kappa shape index (κ1) is 29.4. The van der Waals surface area contributed by atoms with Crippen LogP contribution < -0.4 is 9.47 Å². The van der Waals surface area contributed by atoms with E-state index in [-0.39, 0.29) is 29.2 Å². The van der Waals surface area contributed by atoms with Gasteiger partial charge in [0.2, 0.25) is 6.29 Å². The number of phenols is 2. The van der Waals surface area contributed by atoms with Crippen molar-refractivity contribution in [2.75, 3.05) is 6.61 Å². The van der Waals surface area contributed by atoms with Gasteiger partial charge in [0.05, 0.1) is 19.1 Å². The lowest BCUT2D eigenvalue weighted by Gasteiger charge is -2.45. The first-order valence-corrected chi connectivity index (χ1v) is 13.0. The van der Waals surface area contributed by atoms with Gasteiger partial charge in [0.25, 0.3) is 0 Å². The number of rotatable bonds is 6. The summed E-state index contributed by atoms with van der Waals surface area (Å²) in [6.07, 6.45) is -16.0. The molecule has 2 saturated heterocycles. The summed E-state index contributed by atoms with van der Waals surface area (Å²) in [7, 11) is 0. The molecule has 8 N–H and O–H groups in total. The highest BCUT2D eigenvalue weighted by atomic mass is 16.8. The topological polar surface area (TPSA) is 225 Å². The van der Waals surface area contributed by atoms with Crippen LogP contribution in [0.5, 0.6) is 23.0 Å². The van der Waals surface area contributed by atoms with Gasteiger partial charge in [-0.15, -0.1) is 0 Å². The number of carbonyl (C=O) groups is 1. The van der Waals surface area contributed by atoms with E-state index in [1.54, 1.807) is 12.1 Å². The zero-order chi connectivity index (χ0) is 29.6. The molecule has 224 valence electrons. The molecule has 0 spiro atoms. The molecule has 0 amide bonds. The molecular formula is C27H32O14. The Morgan fingerprint density at radius 1 is 0.878 bits per heavy atom. The SMILES string of the molecule is C[C@H]1O[C@@H](O[C@@H]2[C@H](Oc3cc(O)c4c(c3)O[C@@H](c3ccc(O)cc3)CC4=O)O[C@H](CO)[C@@H](O)[C@H]2O)[C@H](O)[C@H](O)[C@H]1O. The Labute approximate surface area is 233 Å². The van der Waals surface area contributed by atoms with Gasteiger partial charge in [-0.05, 0) is 24.6 Å². The molecule has 0 aromatic heterocycles. The fourth-order valence-electron chi connectivity index (χ4n) is 5.07. The minimum absolute atomic E-state index is 0.0149. The van der Waals surface area contributed by atoms with E-state index in [4.69, 9.17) is 23.7 Å². The predicted molar refractivity (Wildman–Crippen MR) is 134 cm³/mol. The number of phenolic OH excluding ortho intramolecular Hbond substituents is 2. The van der Waals surface area contributed by atoms with Gasteiger partial charge in [0.1, 0.15) is 71.3 Å². The second kappa shape index (κ2) is 11.7. The fraction of sp³-hybridized carbons (Fsp3) is 0.519. The van der Waals surface area contributed by atoms with E-state index in [1.165, 1.54) is 25.1 Å². The van der Waals surface area contributed by atoms with Crippen molar-refractivity contribution >= 4 is 5.78 Å². The fourth-order valence-corrected chi connectivity index (χ4v) is 5.07. The van der Waals surface area contributed by atoms with E-state index in [2.05, 4.69) is 0 Å². The quantitative estimate of drug-likeness (QED) is 0.202. The molecular weight excluding hydrogens is 548 g/mol. The van der Waals surface area contributed by atoms with Crippen molar-refractivity contribution in [2.45, 2.75) is 80.9 Å². The molecule has 14 nitrogen and oxygen atoms in total. The molecule has 3 aliphatic rings. The maximum absolute atomic E-state index is 12.9. The Bertz CT molecular complexity index is 1240. The molecule has 5 rings (SSSR count). The van der Waals surface area contributed by atoms with Crippen molar-refractivity contribution in [3.8, 4) is 23.0 Å². The van der Waals surface area contributed by atoms with Crippen LogP contribution in [0.3, 0.4) is 0 Å². The number of benzene rings is 2. The van der Waals surface area contributed by atoms with Crippen LogP contribution >= 0.6 is 0 Å². The van der Waals surface area contributed by atoms with Crippen LogP contribution in [0.1, 0.15) is 35.4 Å². The number of fused-ring (bicyclic) bond motifs is 1. The zero-order valence-corrected chi connectivity index (χ0v) is 21.8. The molecule has 41 heavy (non-hydrogen) atoms. The smallest absolute Gasteiger partial charge is 0.229 e. The van der Waals surface area contributed by atoms with E-state index in [0.717, 1.165) is 6.07 Å². The number of aliphatic hydroxyl groups is 6. The highest BCUT2D eigenvalue weighted by Crippen LogP contribution is 2.43.